The molecule has 0 aromatic heterocycles. The first-order chi connectivity index (χ1) is 8.88. The minimum absolute atomic E-state index is 0.307. The van der Waals surface area contributed by atoms with Crippen molar-refractivity contribution in [2.75, 3.05) is 6.54 Å². The molecule has 0 aliphatic heterocycles. The van der Waals surface area contributed by atoms with Gasteiger partial charge in [0.15, 0.2) is 6.04 Å². The highest BCUT2D eigenvalue weighted by molar-refractivity contribution is 5.83. The molecule has 0 saturated heterocycles. The van der Waals surface area contributed by atoms with Crippen LogP contribution in [0, 0.1) is 12.7 Å². The summed E-state index contributed by atoms with van der Waals surface area (Å²) in [4.78, 5) is 24.4. The van der Waals surface area contributed by atoms with Crippen LogP contribution in [0.3, 0.4) is 0 Å². The molecule has 1 unspecified atom stereocenters. The van der Waals surface area contributed by atoms with E-state index in [0.717, 1.165) is 0 Å². The van der Waals surface area contributed by atoms with E-state index >= 15 is 0 Å². The van der Waals surface area contributed by atoms with E-state index in [9.17, 15) is 19.1 Å². The molecule has 0 saturated carbocycles. The lowest BCUT2D eigenvalue weighted by atomic mass is 9.99. The van der Waals surface area contributed by atoms with E-state index in [4.69, 9.17) is 0 Å². The summed E-state index contributed by atoms with van der Waals surface area (Å²) < 4.78 is 13.1. The molecular formula is C14H18FNO3. The number of aryl methyl sites for hydroxylation is 1. The topological polar surface area (TPSA) is 57.6 Å². The zero-order valence-corrected chi connectivity index (χ0v) is 11.3. The molecule has 1 aromatic rings. The molecule has 5 heteroatoms. The number of benzene rings is 1. The summed E-state index contributed by atoms with van der Waals surface area (Å²) in [5.41, 5.74) is 0.965. The van der Waals surface area contributed by atoms with Crippen molar-refractivity contribution in [1.82, 2.24) is 4.90 Å². The van der Waals surface area contributed by atoms with E-state index in [1.807, 2.05) is 6.92 Å². The first kappa shape index (κ1) is 15.1. The van der Waals surface area contributed by atoms with Gasteiger partial charge in [-0.1, -0.05) is 13.0 Å². The second-order valence-corrected chi connectivity index (χ2v) is 4.45. The van der Waals surface area contributed by atoms with Crippen molar-refractivity contribution in [3.05, 3.63) is 35.1 Å². The normalized spacial score (nSPS) is 12.0. The second kappa shape index (κ2) is 6.31. The molecular weight excluding hydrogens is 249 g/mol. The quantitative estimate of drug-likeness (QED) is 0.891. The Kier molecular flexibility index (Phi) is 5.03. The Morgan fingerprint density at radius 3 is 2.47 bits per heavy atom. The molecule has 1 rings (SSSR count). The van der Waals surface area contributed by atoms with E-state index in [1.54, 1.807) is 6.92 Å². The van der Waals surface area contributed by atoms with E-state index in [0.29, 0.717) is 24.1 Å². The lowest BCUT2D eigenvalue weighted by Crippen LogP contribution is -2.38. The smallest absolute Gasteiger partial charge is 0.331 e. The van der Waals surface area contributed by atoms with Crippen LogP contribution in [-0.2, 0) is 9.59 Å². The molecule has 1 aromatic carbocycles. The SMILES string of the molecule is CCCN(C(C)=O)C(C(=O)O)c1ccc(F)cc1C. The van der Waals surface area contributed by atoms with Crippen molar-refractivity contribution in [1.29, 1.82) is 0 Å². The van der Waals surface area contributed by atoms with Crippen LogP contribution in [-0.4, -0.2) is 28.4 Å². The molecule has 4 nitrogen and oxygen atoms in total. The average molecular weight is 267 g/mol. The van der Waals surface area contributed by atoms with Crippen LogP contribution < -0.4 is 0 Å². The van der Waals surface area contributed by atoms with Crippen molar-refractivity contribution in [2.45, 2.75) is 33.2 Å². The zero-order valence-electron chi connectivity index (χ0n) is 11.3. The molecule has 1 N–H and O–H groups in total. The highest BCUT2D eigenvalue weighted by atomic mass is 19.1. The number of hydrogen-bond acceptors (Lipinski definition) is 2. The van der Waals surface area contributed by atoms with Crippen LogP contribution in [0.1, 0.15) is 37.4 Å². The third kappa shape index (κ3) is 3.53. The van der Waals surface area contributed by atoms with Crippen LogP contribution in [0.5, 0.6) is 0 Å². The van der Waals surface area contributed by atoms with Crippen molar-refractivity contribution >= 4 is 11.9 Å². The van der Waals surface area contributed by atoms with Crippen molar-refractivity contribution in [3.8, 4) is 0 Å². The number of carboxylic acid groups (broad SMARTS) is 1. The molecule has 0 aliphatic rings. The number of halogens is 1. The molecule has 0 fully saturated rings. The number of hydrogen-bond donors (Lipinski definition) is 1. The lowest BCUT2D eigenvalue weighted by molar-refractivity contribution is -0.149. The third-order valence-corrected chi connectivity index (χ3v) is 2.94. The Morgan fingerprint density at radius 1 is 1.42 bits per heavy atom. The third-order valence-electron chi connectivity index (χ3n) is 2.94. The average Bonchev–Trinajstić information content (AvgIpc) is 2.30. The maximum atomic E-state index is 13.1. The van der Waals surface area contributed by atoms with E-state index in [-0.39, 0.29) is 5.91 Å². The standard InChI is InChI=1S/C14H18FNO3/c1-4-7-16(10(3)17)13(14(18)19)12-6-5-11(15)8-9(12)2/h5-6,8,13H,4,7H2,1-3H3,(H,18,19). The number of carbonyl (C=O) groups is 2. The number of amides is 1. The molecule has 0 heterocycles. The van der Waals surface area contributed by atoms with Crippen LogP contribution in [0.15, 0.2) is 18.2 Å². The maximum absolute atomic E-state index is 13.1. The predicted octanol–water partition coefficient (Wildman–Crippen LogP) is 2.52. The number of rotatable bonds is 5. The largest absolute Gasteiger partial charge is 0.479 e. The highest BCUT2D eigenvalue weighted by Gasteiger charge is 2.30. The van der Waals surface area contributed by atoms with Gasteiger partial charge in [0, 0.05) is 13.5 Å². The Bertz CT molecular complexity index is 488. The summed E-state index contributed by atoms with van der Waals surface area (Å²) in [6.45, 7) is 5.19. The first-order valence-electron chi connectivity index (χ1n) is 6.14. The monoisotopic (exact) mass is 267 g/mol. The molecule has 0 radical (unpaired) electrons. The van der Waals surface area contributed by atoms with Gasteiger partial charge >= 0.3 is 5.97 Å². The van der Waals surface area contributed by atoms with Crippen molar-refractivity contribution in [3.63, 3.8) is 0 Å². The zero-order chi connectivity index (χ0) is 14.6. The van der Waals surface area contributed by atoms with Crippen LogP contribution in [0.25, 0.3) is 0 Å². The first-order valence-corrected chi connectivity index (χ1v) is 6.14. The molecule has 0 bridgehead atoms. The minimum Gasteiger partial charge on any atom is -0.479 e. The molecule has 19 heavy (non-hydrogen) atoms. The number of carbonyl (C=O) groups excluding carboxylic acids is 1. The van der Waals surface area contributed by atoms with Crippen molar-refractivity contribution in [2.24, 2.45) is 0 Å². The summed E-state index contributed by atoms with van der Waals surface area (Å²) in [6, 6.07) is 2.84. The number of carboxylic acids is 1. The van der Waals surface area contributed by atoms with Crippen LogP contribution in [0.4, 0.5) is 4.39 Å². The molecule has 1 amide bonds. The summed E-state index contributed by atoms with van der Waals surface area (Å²) in [5.74, 6) is -1.84. The Morgan fingerprint density at radius 2 is 2.05 bits per heavy atom. The molecule has 104 valence electrons. The molecule has 0 aliphatic carbocycles. The van der Waals surface area contributed by atoms with E-state index < -0.39 is 17.8 Å². The van der Waals surface area contributed by atoms with Gasteiger partial charge < -0.3 is 10.0 Å². The summed E-state index contributed by atoms with van der Waals surface area (Å²) >= 11 is 0. The fourth-order valence-electron chi connectivity index (χ4n) is 2.09. The lowest BCUT2D eigenvalue weighted by Gasteiger charge is -2.28. The summed E-state index contributed by atoms with van der Waals surface area (Å²) in [6.07, 6.45) is 0.656. The fourth-order valence-corrected chi connectivity index (χ4v) is 2.09. The molecule has 0 spiro atoms. The van der Waals surface area contributed by atoms with Gasteiger partial charge in [0.1, 0.15) is 5.82 Å². The number of nitrogens with zero attached hydrogens (tertiary/aromatic N) is 1. The molecule has 1 atom stereocenters. The van der Waals surface area contributed by atoms with Gasteiger partial charge in [-0.25, -0.2) is 9.18 Å². The number of aliphatic carboxylic acids is 1. The van der Waals surface area contributed by atoms with Gasteiger partial charge in [-0.2, -0.15) is 0 Å². The predicted molar refractivity (Wildman–Crippen MR) is 69.2 cm³/mol. The Balaban J connectivity index is 3.26. The summed E-state index contributed by atoms with van der Waals surface area (Å²) in [7, 11) is 0. The van der Waals surface area contributed by atoms with Gasteiger partial charge in [0.2, 0.25) is 5.91 Å². The van der Waals surface area contributed by atoms with Gasteiger partial charge in [0.05, 0.1) is 0 Å². The van der Waals surface area contributed by atoms with E-state index in [2.05, 4.69) is 0 Å². The summed E-state index contributed by atoms with van der Waals surface area (Å²) in [5, 5.41) is 9.38. The Labute approximate surface area is 111 Å². The maximum Gasteiger partial charge on any atom is 0.331 e. The van der Waals surface area contributed by atoms with Gasteiger partial charge in [-0.3, -0.25) is 4.79 Å². The van der Waals surface area contributed by atoms with Gasteiger partial charge in [0.25, 0.3) is 0 Å². The Hall–Kier alpha value is -1.91. The second-order valence-electron chi connectivity index (χ2n) is 4.45. The van der Waals surface area contributed by atoms with Crippen molar-refractivity contribution < 1.29 is 19.1 Å². The van der Waals surface area contributed by atoms with Crippen LogP contribution in [0.2, 0.25) is 0 Å². The van der Waals surface area contributed by atoms with Crippen LogP contribution >= 0.6 is 0 Å². The highest BCUT2D eigenvalue weighted by Crippen LogP contribution is 2.25. The van der Waals surface area contributed by atoms with Gasteiger partial charge in [-0.15, -0.1) is 0 Å². The minimum atomic E-state index is -1.11. The fraction of sp³-hybridized carbons (Fsp3) is 0.429. The van der Waals surface area contributed by atoms with E-state index in [1.165, 1.54) is 30.0 Å². The van der Waals surface area contributed by atoms with Gasteiger partial charge in [-0.05, 0) is 36.6 Å².